The Hall–Kier alpha value is -3.02. The third kappa shape index (κ3) is 4.05. The molecule has 138 valence electrons. The van der Waals surface area contributed by atoms with Crippen molar-refractivity contribution in [3.05, 3.63) is 71.8 Å². The van der Waals surface area contributed by atoms with Gasteiger partial charge in [-0.25, -0.2) is 4.39 Å². The third-order valence-corrected chi connectivity index (χ3v) is 4.85. The van der Waals surface area contributed by atoms with E-state index >= 15 is 0 Å². The van der Waals surface area contributed by atoms with E-state index < -0.39 is 0 Å². The van der Waals surface area contributed by atoms with Crippen LogP contribution in [0.4, 0.5) is 4.39 Å². The molecular weight excluding hydrogens is 345 g/mol. The van der Waals surface area contributed by atoms with Gasteiger partial charge in [0.15, 0.2) is 5.82 Å². The van der Waals surface area contributed by atoms with Gasteiger partial charge in [-0.05, 0) is 42.7 Å². The predicted molar refractivity (Wildman–Crippen MR) is 98.4 cm³/mol. The summed E-state index contributed by atoms with van der Waals surface area (Å²) in [7, 11) is 0. The molecule has 4 rings (SSSR count). The van der Waals surface area contributed by atoms with Crippen molar-refractivity contribution >= 4 is 5.91 Å². The minimum absolute atomic E-state index is 0.0628. The molecule has 1 atom stereocenters. The largest absolute Gasteiger partial charge is 0.342 e. The van der Waals surface area contributed by atoms with Gasteiger partial charge in [-0.2, -0.15) is 4.98 Å². The average Bonchev–Trinajstić information content (AvgIpc) is 3.31. The molecule has 1 saturated heterocycles. The minimum Gasteiger partial charge on any atom is -0.342 e. The summed E-state index contributed by atoms with van der Waals surface area (Å²) in [5.41, 5.74) is 1.95. The quantitative estimate of drug-likeness (QED) is 0.666. The summed E-state index contributed by atoms with van der Waals surface area (Å²) in [4.78, 5) is 18.6. The van der Waals surface area contributed by atoms with Crippen LogP contribution in [0.1, 0.15) is 30.1 Å². The van der Waals surface area contributed by atoms with E-state index in [1.165, 1.54) is 17.7 Å². The molecule has 1 fully saturated rings. The lowest BCUT2D eigenvalue weighted by Gasteiger charge is -2.15. The molecule has 5 nitrogen and oxygen atoms in total. The van der Waals surface area contributed by atoms with Crippen LogP contribution in [0.5, 0.6) is 0 Å². The van der Waals surface area contributed by atoms with E-state index in [0.29, 0.717) is 30.2 Å². The molecule has 1 aliphatic heterocycles. The topological polar surface area (TPSA) is 59.2 Å². The first-order valence-electron chi connectivity index (χ1n) is 9.10. The van der Waals surface area contributed by atoms with Crippen molar-refractivity contribution < 1.29 is 13.7 Å². The lowest BCUT2D eigenvalue weighted by Crippen LogP contribution is -2.26. The van der Waals surface area contributed by atoms with Crippen molar-refractivity contribution in [2.24, 2.45) is 0 Å². The summed E-state index contributed by atoms with van der Waals surface area (Å²) in [5, 5.41) is 4.04. The lowest BCUT2D eigenvalue weighted by molar-refractivity contribution is -0.127. The molecule has 2 heterocycles. The number of carbonyl (C=O) groups excluding carboxylic acids is 1. The smallest absolute Gasteiger partial charge is 0.257 e. The fourth-order valence-electron chi connectivity index (χ4n) is 3.39. The second-order valence-corrected chi connectivity index (χ2v) is 6.79. The number of hydrogen-bond acceptors (Lipinski definition) is 4. The Morgan fingerprint density at radius 3 is 2.67 bits per heavy atom. The summed E-state index contributed by atoms with van der Waals surface area (Å²) in [5.74, 6) is 0.632. The zero-order valence-corrected chi connectivity index (χ0v) is 14.8. The Balaban J connectivity index is 1.35. The first-order valence-corrected chi connectivity index (χ1v) is 9.10. The van der Waals surface area contributed by atoms with Crippen molar-refractivity contribution in [2.45, 2.75) is 25.2 Å². The molecule has 0 radical (unpaired) electrons. The maximum Gasteiger partial charge on any atom is 0.257 e. The standard InChI is InChI=1S/C21H20FN3O2/c22-18-10-8-16(9-11-18)21-23-20(24-27-21)17-13-19(26)25(14-17)12-4-7-15-5-2-1-3-6-15/h1-3,5-6,8-11,17H,4,7,12-14H2. The molecule has 1 aliphatic rings. The Kier molecular flexibility index (Phi) is 4.96. The molecule has 27 heavy (non-hydrogen) atoms. The first-order chi connectivity index (χ1) is 13.2. The van der Waals surface area contributed by atoms with E-state index in [0.717, 1.165) is 19.4 Å². The number of amides is 1. The third-order valence-electron chi connectivity index (χ3n) is 4.85. The van der Waals surface area contributed by atoms with E-state index in [1.54, 1.807) is 12.1 Å². The van der Waals surface area contributed by atoms with Gasteiger partial charge in [0.1, 0.15) is 5.82 Å². The predicted octanol–water partition coefficient (Wildman–Crippen LogP) is 3.82. The number of halogens is 1. The molecule has 0 aliphatic carbocycles. The molecule has 6 heteroatoms. The van der Waals surface area contributed by atoms with Crippen LogP contribution in [0.3, 0.4) is 0 Å². The lowest BCUT2D eigenvalue weighted by atomic mass is 10.1. The number of aryl methyl sites for hydroxylation is 1. The number of nitrogens with zero attached hydrogens (tertiary/aromatic N) is 3. The summed E-state index contributed by atoms with van der Waals surface area (Å²) in [6.45, 7) is 1.34. The molecule has 0 spiro atoms. The van der Waals surface area contributed by atoms with Crippen molar-refractivity contribution in [3.8, 4) is 11.5 Å². The number of hydrogen-bond donors (Lipinski definition) is 0. The molecular formula is C21H20FN3O2. The molecule has 1 amide bonds. The fourth-order valence-corrected chi connectivity index (χ4v) is 3.39. The van der Waals surface area contributed by atoms with Crippen LogP contribution in [0, 0.1) is 5.82 Å². The molecule has 1 unspecified atom stereocenters. The Morgan fingerprint density at radius 1 is 1.11 bits per heavy atom. The summed E-state index contributed by atoms with van der Waals surface area (Å²) >= 11 is 0. The van der Waals surface area contributed by atoms with Gasteiger partial charge in [0.25, 0.3) is 5.89 Å². The van der Waals surface area contributed by atoms with Gasteiger partial charge in [-0.3, -0.25) is 4.79 Å². The van der Waals surface area contributed by atoms with Gasteiger partial charge < -0.3 is 9.42 Å². The van der Waals surface area contributed by atoms with Crippen LogP contribution < -0.4 is 0 Å². The monoisotopic (exact) mass is 365 g/mol. The summed E-state index contributed by atoms with van der Waals surface area (Å²) in [6.07, 6.45) is 2.27. The Bertz CT molecular complexity index is 909. The van der Waals surface area contributed by atoms with E-state index in [9.17, 15) is 9.18 Å². The van der Waals surface area contributed by atoms with Gasteiger partial charge in [0.2, 0.25) is 5.91 Å². The second kappa shape index (κ2) is 7.70. The molecule has 0 saturated carbocycles. The van der Waals surface area contributed by atoms with Crippen molar-refractivity contribution in [2.75, 3.05) is 13.1 Å². The van der Waals surface area contributed by atoms with Crippen LogP contribution >= 0.6 is 0 Å². The van der Waals surface area contributed by atoms with Crippen LogP contribution in [-0.4, -0.2) is 34.0 Å². The van der Waals surface area contributed by atoms with E-state index in [-0.39, 0.29) is 17.6 Å². The molecule has 2 aromatic carbocycles. The first kappa shape index (κ1) is 17.4. The summed E-state index contributed by atoms with van der Waals surface area (Å²) in [6, 6.07) is 16.2. The maximum atomic E-state index is 13.0. The zero-order chi connectivity index (χ0) is 18.6. The minimum atomic E-state index is -0.314. The number of likely N-dealkylation sites (tertiary alicyclic amines) is 1. The molecule has 0 N–H and O–H groups in total. The number of carbonyl (C=O) groups is 1. The number of aromatic nitrogens is 2. The highest BCUT2D eigenvalue weighted by Crippen LogP contribution is 2.28. The van der Waals surface area contributed by atoms with Gasteiger partial charge in [-0.1, -0.05) is 35.5 Å². The van der Waals surface area contributed by atoms with Crippen LogP contribution in [-0.2, 0) is 11.2 Å². The normalized spacial score (nSPS) is 16.9. The zero-order valence-electron chi connectivity index (χ0n) is 14.8. The Morgan fingerprint density at radius 2 is 1.89 bits per heavy atom. The van der Waals surface area contributed by atoms with E-state index in [1.807, 2.05) is 23.1 Å². The number of benzene rings is 2. The van der Waals surface area contributed by atoms with Crippen molar-refractivity contribution in [1.82, 2.24) is 15.0 Å². The Labute approximate surface area is 156 Å². The van der Waals surface area contributed by atoms with E-state index in [2.05, 4.69) is 22.3 Å². The average molecular weight is 365 g/mol. The SMILES string of the molecule is O=C1CC(c2noc(-c3ccc(F)cc3)n2)CN1CCCc1ccccc1. The van der Waals surface area contributed by atoms with Gasteiger partial charge >= 0.3 is 0 Å². The van der Waals surface area contributed by atoms with E-state index in [4.69, 9.17) is 4.52 Å². The summed E-state index contributed by atoms with van der Waals surface area (Å²) < 4.78 is 18.3. The van der Waals surface area contributed by atoms with Gasteiger partial charge in [0, 0.05) is 31.0 Å². The van der Waals surface area contributed by atoms with Gasteiger partial charge in [-0.15, -0.1) is 0 Å². The van der Waals surface area contributed by atoms with Crippen LogP contribution in [0.15, 0.2) is 59.1 Å². The molecule has 0 bridgehead atoms. The molecule has 1 aromatic heterocycles. The highest BCUT2D eigenvalue weighted by molar-refractivity contribution is 5.79. The van der Waals surface area contributed by atoms with Crippen molar-refractivity contribution in [1.29, 1.82) is 0 Å². The molecule has 3 aromatic rings. The van der Waals surface area contributed by atoms with Crippen molar-refractivity contribution in [3.63, 3.8) is 0 Å². The van der Waals surface area contributed by atoms with Gasteiger partial charge in [0.05, 0.1) is 0 Å². The maximum absolute atomic E-state index is 13.0. The number of rotatable bonds is 6. The fraction of sp³-hybridized carbons (Fsp3) is 0.286. The van der Waals surface area contributed by atoms with Crippen LogP contribution in [0.2, 0.25) is 0 Å². The second-order valence-electron chi connectivity index (χ2n) is 6.79. The van der Waals surface area contributed by atoms with Crippen LogP contribution in [0.25, 0.3) is 11.5 Å². The highest BCUT2D eigenvalue weighted by atomic mass is 19.1. The highest BCUT2D eigenvalue weighted by Gasteiger charge is 2.33.